The van der Waals surface area contributed by atoms with E-state index in [1.54, 1.807) is 0 Å². The Morgan fingerprint density at radius 1 is 1.00 bits per heavy atom. The normalized spacial score (nSPS) is 17.8. The van der Waals surface area contributed by atoms with Gasteiger partial charge >= 0.3 is 0 Å². The van der Waals surface area contributed by atoms with E-state index in [1.165, 1.54) is 0 Å². The number of ether oxygens (including phenoxy) is 2. The van der Waals surface area contributed by atoms with Gasteiger partial charge in [-0.3, -0.25) is 4.79 Å². The van der Waals surface area contributed by atoms with Crippen LogP contribution in [0.2, 0.25) is 0 Å². The largest absolute Gasteiger partial charge is 0.381 e. The van der Waals surface area contributed by atoms with Crippen LogP contribution >= 0.6 is 0 Å². The average molecular weight is 397 g/mol. The molecule has 0 atom stereocenters. The van der Waals surface area contributed by atoms with E-state index < -0.39 is 0 Å². The van der Waals surface area contributed by atoms with E-state index in [0.29, 0.717) is 32.4 Å². The van der Waals surface area contributed by atoms with Gasteiger partial charge in [-0.2, -0.15) is 4.98 Å². The molecule has 0 radical (unpaired) electrons. The van der Waals surface area contributed by atoms with Crippen LogP contribution in [0.1, 0.15) is 18.5 Å². The van der Waals surface area contributed by atoms with Crippen LogP contribution in [0.5, 0.6) is 0 Å². The van der Waals surface area contributed by atoms with Gasteiger partial charge in [0, 0.05) is 55.4 Å². The van der Waals surface area contributed by atoms with Crippen LogP contribution in [0.15, 0.2) is 30.3 Å². The number of aryl methyl sites for hydroxylation is 1. The van der Waals surface area contributed by atoms with Gasteiger partial charge in [0.15, 0.2) is 0 Å². The molecule has 0 unspecified atom stereocenters. The Kier molecular flexibility index (Phi) is 6.21. The summed E-state index contributed by atoms with van der Waals surface area (Å²) in [6.07, 6.45) is 1.56. The third kappa shape index (κ3) is 5.21. The molecule has 29 heavy (non-hydrogen) atoms. The maximum atomic E-state index is 12.4. The average Bonchev–Trinajstić information content (AvgIpc) is 2.76. The lowest BCUT2D eigenvalue weighted by molar-refractivity contribution is -0.122. The van der Waals surface area contributed by atoms with Crippen molar-refractivity contribution in [3.8, 4) is 0 Å². The molecule has 0 spiro atoms. The summed E-state index contributed by atoms with van der Waals surface area (Å²) in [4.78, 5) is 23.7. The van der Waals surface area contributed by atoms with Crippen LogP contribution in [0.4, 0.5) is 23.1 Å². The number of morpholine rings is 1. The molecular formula is C21H27N5O3. The highest BCUT2D eigenvalue weighted by atomic mass is 16.5. The highest BCUT2D eigenvalue weighted by Gasteiger charge is 2.21. The molecular weight excluding hydrogens is 370 g/mol. The zero-order chi connectivity index (χ0) is 20.1. The SMILES string of the molecule is Cc1cc(N2CCOCC2)nc(Nc2ccc(NC(=O)C3CCOCC3)cc2)n1. The van der Waals surface area contributed by atoms with Crippen molar-refractivity contribution in [3.63, 3.8) is 0 Å². The number of benzene rings is 1. The molecule has 8 heteroatoms. The zero-order valence-corrected chi connectivity index (χ0v) is 16.7. The second-order valence-corrected chi connectivity index (χ2v) is 7.37. The summed E-state index contributed by atoms with van der Waals surface area (Å²) in [5.41, 5.74) is 2.56. The first-order valence-corrected chi connectivity index (χ1v) is 10.1. The standard InChI is InChI=1S/C21H27N5O3/c1-15-14-19(26-8-12-29-13-9-26)25-21(22-15)24-18-4-2-17(3-5-18)23-20(27)16-6-10-28-11-7-16/h2-5,14,16H,6-13H2,1H3,(H,23,27)(H,22,24,25). The molecule has 2 aromatic rings. The lowest BCUT2D eigenvalue weighted by Crippen LogP contribution is -2.36. The number of amides is 1. The number of rotatable bonds is 5. The first-order chi connectivity index (χ1) is 14.2. The predicted molar refractivity (Wildman–Crippen MR) is 112 cm³/mol. The zero-order valence-electron chi connectivity index (χ0n) is 16.7. The molecule has 1 aromatic heterocycles. The lowest BCUT2D eigenvalue weighted by Gasteiger charge is -2.28. The molecule has 0 aliphatic carbocycles. The Morgan fingerprint density at radius 2 is 1.66 bits per heavy atom. The van der Waals surface area contributed by atoms with E-state index in [1.807, 2.05) is 37.3 Å². The third-order valence-corrected chi connectivity index (χ3v) is 5.18. The van der Waals surface area contributed by atoms with E-state index in [9.17, 15) is 4.79 Å². The molecule has 2 aliphatic rings. The van der Waals surface area contributed by atoms with Crippen molar-refractivity contribution in [2.24, 2.45) is 5.92 Å². The Bertz CT molecular complexity index is 831. The van der Waals surface area contributed by atoms with E-state index in [-0.39, 0.29) is 11.8 Å². The quantitative estimate of drug-likeness (QED) is 0.802. The first kappa shape index (κ1) is 19.6. The summed E-state index contributed by atoms with van der Waals surface area (Å²) in [5.74, 6) is 1.56. The van der Waals surface area contributed by atoms with Gasteiger partial charge in [0.25, 0.3) is 0 Å². The van der Waals surface area contributed by atoms with Crippen molar-refractivity contribution in [2.45, 2.75) is 19.8 Å². The maximum Gasteiger partial charge on any atom is 0.229 e. The van der Waals surface area contributed by atoms with Crippen LogP contribution in [-0.2, 0) is 14.3 Å². The summed E-state index contributed by atoms with van der Waals surface area (Å²) >= 11 is 0. The van der Waals surface area contributed by atoms with Gasteiger partial charge in [0.1, 0.15) is 5.82 Å². The monoisotopic (exact) mass is 397 g/mol. The van der Waals surface area contributed by atoms with Crippen molar-refractivity contribution in [1.82, 2.24) is 9.97 Å². The van der Waals surface area contributed by atoms with Crippen molar-refractivity contribution < 1.29 is 14.3 Å². The van der Waals surface area contributed by atoms with E-state index in [4.69, 9.17) is 9.47 Å². The van der Waals surface area contributed by atoms with Crippen molar-refractivity contribution in [1.29, 1.82) is 0 Å². The Balaban J connectivity index is 1.39. The summed E-state index contributed by atoms with van der Waals surface area (Å²) in [5, 5.41) is 6.25. The third-order valence-electron chi connectivity index (χ3n) is 5.18. The van der Waals surface area contributed by atoms with Gasteiger partial charge in [0.05, 0.1) is 13.2 Å². The molecule has 1 aromatic carbocycles. The Hall–Kier alpha value is -2.71. The van der Waals surface area contributed by atoms with E-state index >= 15 is 0 Å². The Morgan fingerprint density at radius 3 is 2.38 bits per heavy atom. The molecule has 2 aliphatic heterocycles. The fourth-order valence-corrected chi connectivity index (χ4v) is 3.53. The number of nitrogens with zero attached hydrogens (tertiary/aromatic N) is 3. The molecule has 2 fully saturated rings. The maximum absolute atomic E-state index is 12.4. The number of carbonyl (C=O) groups is 1. The minimum atomic E-state index is 0.0286. The topological polar surface area (TPSA) is 88.6 Å². The minimum Gasteiger partial charge on any atom is -0.381 e. The predicted octanol–water partition coefficient (Wildman–Crippen LogP) is 2.73. The number of nitrogens with one attached hydrogen (secondary N) is 2. The molecule has 0 saturated carbocycles. The highest BCUT2D eigenvalue weighted by molar-refractivity contribution is 5.92. The number of aromatic nitrogens is 2. The van der Waals surface area contributed by atoms with Crippen LogP contribution in [0.3, 0.4) is 0 Å². The number of carbonyl (C=O) groups excluding carboxylic acids is 1. The number of hydrogen-bond acceptors (Lipinski definition) is 7. The van der Waals surface area contributed by atoms with Gasteiger partial charge in [-0.1, -0.05) is 0 Å². The van der Waals surface area contributed by atoms with E-state index in [0.717, 1.165) is 48.8 Å². The molecule has 8 nitrogen and oxygen atoms in total. The van der Waals surface area contributed by atoms with E-state index in [2.05, 4.69) is 25.5 Å². The first-order valence-electron chi connectivity index (χ1n) is 10.1. The fraction of sp³-hybridized carbons (Fsp3) is 0.476. The highest BCUT2D eigenvalue weighted by Crippen LogP contribution is 2.22. The number of hydrogen-bond donors (Lipinski definition) is 2. The van der Waals surface area contributed by atoms with Gasteiger partial charge in [-0.05, 0) is 44.0 Å². The molecule has 2 saturated heterocycles. The smallest absolute Gasteiger partial charge is 0.229 e. The minimum absolute atomic E-state index is 0.0286. The van der Waals surface area contributed by atoms with Crippen molar-refractivity contribution in [3.05, 3.63) is 36.0 Å². The van der Waals surface area contributed by atoms with Crippen LogP contribution < -0.4 is 15.5 Å². The van der Waals surface area contributed by atoms with Gasteiger partial charge < -0.3 is 25.0 Å². The summed E-state index contributed by atoms with van der Waals surface area (Å²) in [6, 6.07) is 9.60. The molecule has 2 N–H and O–H groups in total. The van der Waals surface area contributed by atoms with Crippen LogP contribution in [-0.4, -0.2) is 55.4 Å². The van der Waals surface area contributed by atoms with Crippen molar-refractivity contribution in [2.75, 3.05) is 55.1 Å². The second-order valence-electron chi connectivity index (χ2n) is 7.37. The van der Waals surface area contributed by atoms with Crippen LogP contribution in [0.25, 0.3) is 0 Å². The molecule has 1 amide bonds. The molecule has 3 heterocycles. The van der Waals surface area contributed by atoms with Gasteiger partial charge in [-0.15, -0.1) is 0 Å². The van der Waals surface area contributed by atoms with Crippen LogP contribution in [0, 0.1) is 12.8 Å². The molecule has 154 valence electrons. The Labute approximate surface area is 170 Å². The summed E-state index contributed by atoms with van der Waals surface area (Å²) in [7, 11) is 0. The summed E-state index contributed by atoms with van der Waals surface area (Å²) < 4.78 is 10.7. The summed E-state index contributed by atoms with van der Waals surface area (Å²) in [6.45, 7) is 6.37. The van der Waals surface area contributed by atoms with Crippen molar-refractivity contribution >= 4 is 29.0 Å². The molecule has 4 rings (SSSR count). The lowest BCUT2D eigenvalue weighted by atomic mass is 9.99. The molecule has 0 bridgehead atoms. The van der Waals surface area contributed by atoms with Gasteiger partial charge in [0.2, 0.25) is 11.9 Å². The van der Waals surface area contributed by atoms with Gasteiger partial charge in [-0.25, -0.2) is 4.98 Å². The second kappa shape index (κ2) is 9.19. The fourth-order valence-electron chi connectivity index (χ4n) is 3.53. The number of anilines is 4.